The van der Waals surface area contributed by atoms with Crippen LogP contribution in [0, 0.1) is 18.8 Å². The van der Waals surface area contributed by atoms with Gasteiger partial charge in [0.05, 0.1) is 28.2 Å². The Labute approximate surface area is 233 Å². The highest BCUT2D eigenvalue weighted by atomic mass is 35.5. The number of nitrogens with zero attached hydrogens (tertiary/aromatic N) is 1. The molecule has 40 heavy (non-hydrogen) atoms. The van der Waals surface area contributed by atoms with Crippen LogP contribution in [0.25, 0.3) is 10.9 Å². The quantitative estimate of drug-likeness (QED) is 0.330. The summed E-state index contributed by atoms with van der Waals surface area (Å²) in [6.07, 6.45) is 2.36. The zero-order valence-electron chi connectivity index (χ0n) is 21.3. The first-order chi connectivity index (χ1) is 19.4. The van der Waals surface area contributed by atoms with Crippen molar-refractivity contribution in [1.82, 2.24) is 10.3 Å². The van der Waals surface area contributed by atoms with Gasteiger partial charge in [0.2, 0.25) is 24.5 Å². The van der Waals surface area contributed by atoms with E-state index in [1.807, 2.05) is 43.5 Å². The Morgan fingerprint density at radius 2 is 1.85 bits per heavy atom. The lowest BCUT2D eigenvalue weighted by Crippen LogP contribution is -2.53. The summed E-state index contributed by atoms with van der Waals surface area (Å²) < 4.78 is 10.9. The maximum Gasteiger partial charge on any atom is 0.250 e. The fraction of sp³-hybridized carbons (Fsp3) is 0.233. The minimum absolute atomic E-state index is 0.0721. The molecular weight excluding hydrogens is 532 g/mol. The van der Waals surface area contributed by atoms with Crippen LogP contribution in [0.3, 0.4) is 0 Å². The number of nitrogens with one attached hydrogen (secondary N) is 3. The highest BCUT2D eigenvalue weighted by Gasteiger charge is 2.70. The Bertz CT molecular complexity index is 1800. The first-order valence-corrected chi connectivity index (χ1v) is 13.5. The molecule has 0 unspecified atom stereocenters. The Hall–Kier alpha value is -4.34. The predicted octanol–water partition coefficient (Wildman–Crippen LogP) is 4.03. The maximum absolute atomic E-state index is 14.3. The Kier molecular flexibility index (Phi) is 4.76. The number of carbonyl (C=O) groups excluding carboxylic acids is 3. The van der Waals surface area contributed by atoms with Crippen LogP contribution in [-0.2, 0) is 26.3 Å². The van der Waals surface area contributed by atoms with E-state index in [0.717, 1.165) is 22.0 Å². The normalized spacial score (nSPS) is 26.2. The molecule has 2 fully saturated rings. The van der Waals surface area contributed by atoms with Crippen molar-refractivity contribution in [3.8, 4) is 11.5 Å². The smallest absolute Gasteiger partial charge is 0.250 e. The van der Waals surface area contributed by atoms with Gasteiger partial charge in [0.1, 0.15) is 5.54 Å². The van der Waals surface area contributed by atoms with Crippen LogP contribution in [0.2, 0.25) is 5.02 Å². The number of aryl methyl sites for hydroxylation is 1. The fourth-order valence-electron chi connectivity index (χ4n) is 6.98. The van der Waals surface area contributed by atoms with Crippen molar-refractivity contribution >= 4 is 51.6 Å². The molecule has 3 N–H and O–H groups in total. The van der Waals surface area contributed by atoms with E-state index in [4.69, 9.17) is 21.1 Å². The summed E-state index contributed by atoms with van der Waals surface area (Å²) >= 11 is 6.57. The van der Waals surface area contributed by atoms with Gasteiger partial charge < -0.3 is 19.8 Å². The van der Waals surface area contributed by atoms with Crippen LogP contribution in [0.1, 0.15) is 16.7 Å². The Morgan fingerprint density at radius 3 is 2.73 bits per heavy atom. The van der Waals surface area contributed by atoms with Gasteiger partial charge in [0, 0.05) is 34.8 Å². The van der Waals surface area contributed by atoms with Crippen molar-refractivity contribution in [3.05, 3.63) is 82.5 Å². The summed E-state index contributed by atoms with van der Waals surface area (Å²) in [6, 6.07) is 16.1. The van der Waals surface area contributed by atoms with E-state index < -0.39 is 29.3 Å². The SMILES string of the molecule is Cc1cc(Cl)c2c(c1)[C@]1(N[C@H](Cc3c[nH]c4ccccc34)[C@H]3C(=O)N(c4ccc5c(c4)OCO5)C(=O)[C@H]31)C(=O)N2. The van der Waals surface area contributed by atoms with E-state index in [2.05, 4.69) is 15.6 Å². The third-order valence-corrected chi connectivity index (χ3v) is 8.95. The monoisotopic (exact) mass is 554 g/mol. The number of aromatic amines is 1. The highest BCUT2D eigenvalue weighted by Crippen LogP contribution is 2.55. The van der Waals surface area contributed by atoms with Crippen LogP contribution in [-0.4, -0.2) is 35.5 Å². The number of anilines is 2. The number of aromatic nitrogens is 1. The minimum atomic E-state index is -1.45. The van der Waals surface area contributed by atoms with Gasteiger partial charge in [0.25, 0.3) is 0 Å². The van der Waals surface area contributed by atoms with Gasteiger partial charge in [-0.15, -0.1) is 0 Å². The number of halogens is 1. The molecule has 200 valence electrons. The standard InChI is InChI=1S/C30H23ClN4O5/c1-14-8-18-26(19(31)9-14)33-29(38)30(18)25-24(21(34-30)10-15-12-32-20-5-3-2-4-17(15)20)27(36)35(28(25)37)16-6-7-22-23(11-16)40-13-39-22/h2-9,11-12,21,24-25,32,34H,10,13H2,1H3,(H,33,38)/t21-,24-,25+,30-/m1/s1. The van der Waals surface area contributed by atoms with Crippen molar-refractivity contribution in [2.45, 2.75) is 24.9 Å². The maximum atomic E-state index is 14.3. The molecule has 0 saturated carbocycles. The van der Waals surface area contributed by atoms with Crippen molar-refractivity contribution in [1.29, 1.82) is 0 Å². The molecule has 4 aromatic rings. The summed E-state index contributed by atoms with van der Waals surface area (Å²) in [5.41, 5.74) is 2.81. The third kappa shape index (κ3) is 2.99. The second kappa shape index (κ2) is 8.09. The van der Waals surface area contributed by atoms with Crippen molar-refractivity contribution in [3.63, 3.8) is 0 Å². The summed E-state index contributed by atoms with van der Waals surface area (Å²) in [5, 5.41) is 7.84. The number of hydrogen-bond acceptors (Lipinski definition) is 6. The van der Waals surface area contributed by atoms with E-state index in [9.17, 15) is 14.4 Å². The van der Waals surface area contributed by atoms with Crippen LogP contribution < -0.4 is 25.0 Å². The number of H-pyrrole nitrogens is 1. The van der Waals surface area contributed by atoms with E-state index >= 15 is 0 Å². The van der Waals surface area contributed by atoms with Gasteiger partial charge in [-0.25, -0.2) is 4.90 Å². The van der Waals surface area contributed by atoms with Gasteiger partial charge in [-0.2, -0.15) is 0 Å². The number of benzene rings is 3. The van der Waals surface area contributed by atoms with Crippen LogP contribution in [0.15, 0.2) is 60.8 Å². The predicted molar refractivity (Wildman–Crippen MR) is 147 cm³/mol. The van der Waals surface area contributed by atoms with Gasteiger partial charge in [-0.05, 0) is 48.7 Å². The van der Waals surface area contributed by atoms with Crippen molar-refractivity contribution < 1.29 is 23.9 Å². The average molecular weight is 555 g/mol. The molecule has 4 aliphatic rings. The molecule has 0 aliphatic carbocycles. The topological polar surface area (TPSA) is 113 Å². The van der Waals surface area contributed by atoms with E-state index in [-0.39, 0.29) is 18.6 Å². The number of amides is 3. The van der Waals surface area contributed by atoms with Gasteiger partial charge in [0.15, 0.2) is 11.5 Å². The molecule has 3 amide bonds. The molecule has 4 atom stereocenters. The molecule has 0 radical (unpaired) electrons. The van der Waals surface area contributed by atoms with Crippen molar-refractivity contribution in [2.24, 2.45) is 11.8 Å². The van der Waals surface area contributed by atoms with Crippen LogP contribution >= 0.6 is 11.6 Å². The zero-order valence-corrected chi connectivity index (χ0v) is 22.0. The minimum Gasteiger partial charge on any atom is -0.454 e. The first-order valence-electron chi connectivity index (χ1n) is 13.1. The molecule has 2 saturated heterocycles. The van der Waals surface area contributed by atoms with Crippen LogP contribution in [0.5, 0.6) is 11.5 Å². The van der Waals surface area contributed by atoms with Crippen LogP contribution in [0.4, 0.5) is 11.4 Å². The number of ether oxygens (including phenoxy) is 2. The molecule has 0 bridgehead atoms. The largest absolute Gasteiger partial charge is 0.454 e. The molecule has 5 heterocycles. The molecule has 1 spiro atoms. The molecular formula is C30H23ClN4O5. The third-order valence-electron chi connectivity index (χ3n) is 8.65. The molecule has 3 aromatic carbocycles. The number of rotatable bonds is 3. The molecule has 8 rings (SSSR count). The van der Waals surface area contributed by atoms with E-state index in [0.29, 0.717) is 39.9 Å². The second-order valence-corrected chi connectivity index (χ2v) is 11.2. The lowest BCUT2D eigenvalue weighted by atomic mass is 9.76. The van der Waals surface area contributed by atoms with E-state index in [1.54, 1.807) is 24.3 Å². The Morgan fingerprint density at radius 1 is 1.02 bits per heavy atom. The summed E-state index contributed by atoms with van der Waals surface area (Å²) in [4.78, 5) is 46.9. The molecule has 9 nitrogen and oxygen atoms in total. The summed E-state index contributed by atoms with van der Waals surface area (Å²) in [7, 11) is 0. The van der Waals surface area contributed by atoms with Gasteiger partial charge >= 0.3 is 0 Å². The van der Waals surface area contributed by atoms with E-state index in [1.165, 1.54) is 4.90 Å². The lowest BCUT2D eigenvalue weighted by Gasteiger charge is -2.30. The fourth-order valence-corrected chi connectivity index (χ4v) is 7.31. The number of carbonyl (C=O) groups is 3. The molecule has 4 aliphatic heterocycles. The second-order valence-electron chi connectivity index (χ2n) is 10.8. The summed E-state index contributed by atoms with van der Waals surface area (Å²) in [5.74, 6) is -1.94. The number of imide groups is 1. The first kappa shape index (κ1) is 23.5. The average Bonchev–Trinajstić information content (AvgIpc) is 3.73. The highest BCUT2D eigenvalue weighted by molar-refractivity contribution is 6.35. The Balaban J connectivity index is 1.29. The summed E-state index contributed by atoms with van der Waals surface area (Å²) in [6.45, 7) is 1.96. The van der Waals surface area contributed by atoms with Gasteiger partial charge in [-0.3, -0.25) is 19.7 Å². The molecule has 1 aromatic heterocycles. The zero-order chi connectivity index (χ0) is 27.3. The van der Waals surface area contributed by atoms with Crippen molar-refractivity contribution in [2.75, 3.05) is 17.0 Å². The number of fused-ring (bicyclic) bond motifs is 6. The molecule has 10 heteroatoms. The van der Waals surface area contributed by atoms with Gasteiger partial charge in [-0.1, -0.05) is 35.9 Å². The number of para-hydroxylation sites is 1. The lowest BCUT2D eigenvalue weighted by molar-refractivity contribution is -0.130. The number of hydrogen-bond donors (Lipinski definition) is 3.